The van der Waals surface area contributed by atoms with E-state index < -0.39 is 0 Å². The Hall–Kier alpha value is -7.78. The zero-order valence-electron chi connectivity index (χ0n) is 33.9. The molecule has 0 spiro atoms. The van der Waals surface area contributed by atoms with Crippen LogP contribution in [0.4, 0.5) is 17.1 Å². The number of para-hydroxylation sites is 2. The first-order valence-corrected chi connectivity index (χ1v) is 22.1. The van der Waals surface area contributed by atoms with Crippen LogP contribution in [0.3, 0.4) is 0 Å². The average Bonchev–Trinajstić information content (AvgIpc) is 3.74. The zero-order valence-corrected chi connectivity index (χ0v) is 34.7. The topological polar surface area (TPSA) is 3.24 Å². The highest BCUT2D eigenvalue weighted by Crippen LogP contribution is 2.49. The van der Waals surface area contributed by atoms with Gasteiger partial charge in [-0.1, -0.05) is 200 Å². The van der Waals surface area contributed by atoms with E-state index >= 15 is 0 Å². The van der Waals surface area contributed by atoms with Gasteiger partial charge in [0.1, 0.15) is 0 Å². The normalized spacial score (nSPS) is 11.5. The number of hydrogen-bond donors (Lipinski definition) is 0. The number of nitrogens with zero attached hydrogens (tertiary/aromatic N) is 1. The molecular weight excluding hydrogens is 767 g/mol. The summed E-state index contributed by atoms with van der Waals surface area (Å²) in [5.41, 5.74) is 12.9. The molecule has 0 aliphatic rings. The van der Waals surface area contributed by atoms with Gasteiger partial charge in [0.25, 0.3) is 0 Å². The van der Waals surface area contributed by atoms with Gasteiger partial charge in [-0.3, -0.25) is 0 Å². The lowest BCUT2D eigenvalue weighted by atomic mass is 9.90. The molecule has 11 aromatic carbocycles. The quantitative estimate of drug-likeness (QED) is 0.145. The second-order valence-electron chi connectivity index (χ2n) is 16.0. The lowest BCUT2D eigenvalue weighted by Gasteiger charge is -2.30. The number of rotatable bonds is 7. The molecule has 0 aliphatic carbocycles. The third kappa shape index (κ3) is 5.99. The van der Waals surface area contributed by atoms with E-state index in [1.807, 2.05) is 11.3 Å². The summed E-state index contributed by atoms with van der Waals surface area (Å²) < 4.78 is 2.63. The van der Waals surface area contributed by atoms with Gasteiger partial charge in [-0.2, -0.15) is 0 Å². The second-order valence-corrected chi connectivity index (χ2v) is 17.0. The molecule has 1 aromatic heterocycles. The lowest BCUT2D eigenvalue weighted by Crippen LogP contribution is -2.12. The third-order valence-corrected chi connectivity index (χ3v) is 13.6. The molecular formula is C60H39NS. The highest BCUT2D eigenvalue weighted by Gasteiger charge is 2.23. The second kappa shape index (κ2) is 15.0. The molecule has 0 bridgehead atoms. The monoisotopic (exact) mass is 805 g/mol. The highest BCUT2D eigenvalue weighted by molar-refractivity contribution is 7.25. The zero-order chi connectivity index (χ0) is 41.0. The van der Waals surface area contributed by atoms with Crippen molar-refractivity contribution in [1.82, 2.24) is 0 Å². The SMILES string of the molecule is c1ccc(-c2cccc3cccc(-c4ccccc4N(c4ccc(-c5cccc6sc7ccccc7c56)cc4)c4ccccc4-c4cccc5c4ccc4ccccc45)c23)cc1. The number of benzene rings is 11. The van der Waals surface area contributed by atoms with E-state index in [9.17, 15) is 0 Å². The first kappa shape index (κ1) is 36.1. The number of anilines is 3. The molecule has 0 N–H and O–H groups in total. The van der Waals surface area contributed by atoms with Gasteiger partial charge in [-0.15, -0.1) is 11.3 Å². The Labute approximate surface area is 365 Å². The Morgan fingerprint density at radius 2 is 0.774 bits per heavy atom. The number of thiophene rings is 1. The third-order valence-electron chi connectivity index (χ3n) is 12.5. The van der Waals surface area contributed by atoms with E-state index in [0.29, 0.717) is 0 Å². The first-order valence-electron chi connectivity index (χ1n) is 21.3. The Kier molecular flexibility index (Phi) is 8.76. The molecule has 12 rings (SSSR count). The molecule has 1 nitrogen and oxygen atoms in total. The van der Waals surface area contributed by atoms with Crippen LogP contribution in [0.25, 0.3) is 97.0 Å². The van der Waals surface area contributed by atoms with Crippen LogP contribution < -0.4 is 4.90 Å². The van der Waals surface area contributed by atoms with Crippen LogP contribution in [0.1, 0.15) is 0 Å². The molecule has 0 aliphatic heterocycles. The van der Waals surface area contributed by atoms with Gasteiger partial charge in [-0.05, 0) is 102 Å². The van der Waals surface area contributed by atoms with Crippen LogP contribution in [-0.2, 0) is 0 Å². The van der Waals surface area contributed by atoms with Crippen LogP contribution in [0.2, 0.25) is 0 Å². The van der Waals surface area contributed by atoms with Crippen molar-refractivity contribution in [1.29, 1.82) is 0 Å². The molecule has 12 aromatic rings. The van der Waals surface area contributed by atoms with E-state index in [0.717, 1.165) is 17.1 Å². The van der Waals surface area contributed by atoms with Gasteiger partial charge in [0, 0.05) is 37.0 Å². The van der Waals surface area contributed by atoms with Crippen molar-refractivity contribution in [2.75, 3.05) is 4.90 Å². The maximum Gasteiger partial charge on any atom is 0.0540 e. The standard InChI is InChI=1S/C60H39NS/c1-2-16-40(17-3-1)46-25-12-19-43-20-13-29-53(59(43)46)52-23-7-10-31-56(52)61(44-37-34-42(35-38-44)47-26-15-33-58-60(47)54-24-8-11-32-57(54)62-58)55-30-9-6-22-51(55)49-28-14-27-48-45-21-5-4-18-41(45)36-39-50(48)49/h1-39H. The minimum absolute atomic E-state index is 1.09. The average molecular weight is 806 g/mol. The van der Waals surface area contributed by atoms with Crippen LogP contribution in [0.5, 0.6) is 0 Å². The lowest BCUT2D eigenvalue weighted by molar-refractivity contribution is 1.29. The van der Waals surface area contributed by atoms with E-state index in [1.54, 1.807) is 0 Å². The van der Waals surface area contributed by atoms with Crippen LogP contribution in [-0.4, -0.2) is 0 Å². The summed E-state index contributed by atoms with van der Waals surface area (Å²) in [6.45, 7) is 0. The molecule has 1 heterocycles. The minimum Gasteiger partial charge on any atom is -0.309 e. The molecule has 2 heteroatoms. The molecule has 0 fully saturated rings. The summed E-state index contributed by atoms with van der Waals surface area (Å²) in [5, 5.41) is 10.1. The predicted octanol–water partition coefficient (Wildman–Crippen LogP) is 17.7. The summed E-state index contributed by atoms with van der Waals surface area (Å²) in [7, 11) is 0. The van der Waals surface area contributed by atoms with Crippen LogP contribution in [0, 0.1) is 0 Å². The molecule has 0 unspecified atom stereocenters. The van der Waals surface area contributed by atoms with E-state index in [-0.39, 0.29) is 0 Å². The summed E-state index contributed by atoms with van der Waals surface area (Å²) >= 11 is 1.87. The number of fused-ring (bicyclic) bond motifs is 7. The summed E-state index contributed by atoms with van der Waals surface area (Å²) in [6.07, 6.45) is 0. The fourth-order valence-corrected chi connectivity index (χ4v) is 10.8. The minimum atomic E-state index is 1.09. The maximum atomic E-state index is 2.48. The van der Waals surface area contributed by atoms with E-state index in [1.165, 1.54) is 97.0 Å². The van der Waals surface area contributed by atoms with Crippen molar-refractivity contribution in [3.8, 4) is 44.5 Å². The largest absolute Gasteiger partial charge is 0.309 e. The van der Waals surface area contributed by atoms with E-state index in [4.69, 9.17) is 0 Å². The molecule has 290 valence electrons. The van der Waals surface area contributed by atoms with Crippen molar-refractivity contribution in [3.63, 3.8) is 0 Å². The fourth-order valence-electron chi connectivity index (χ4n) is 9.70. The van der Waals surface area contributed by atoms with E-state index in [2.05, 4.69) is 241 Å². The van der Waals surface area contributed by atoms with Crippen LogP contribution in [0.15, 0.2) is 237 Å². The molecule has 62 heavy (non-hydrogen) atoms. The van der Waals surface area contributed by atoms with Gasteiger partial charge in [0.15, 0.2) is 0 Å². The predicted molar refractivity (Wildman–Crippen MR) is 268 cm³/mol. The summed E-state index contributed by atoms with van der Waals surface area (Å²) in [4.78, 5) is 2.48. The molecule has 0 saturated heterocycles. The molecule has 0 amide bonds. The van der Waals surface area contributed by atoms with Gasteiger partial charge in [0.05, 0.1) is 11.4 Å². The smallest absolute Gasteiger partial charge is 0.0540 e. The van der Waals surface area contributed by atoms with Crippen molar-refractivity contribution in [2.24, 2.45) is 0 Å². The number of hydrogen-bond acceptors (Lipinski definition) is 2. The summed E-state index contributed by atoms with van der Waals surface area (Å²) in [5.74, 6) is 0. The maximum absolute atomic E-state index is 2.48. The van der Waals surface area contributed by atoms with Gasteiger partial charge in [0.2, 0.25) is 0 Å². The van der Waals surface area contributed by atoms with Gasteiger partial charge < -0.3 is 4.90 Å². The van der Waals surface area contributed by atoms with Crippen LogP contribution >= 0.6 is 11.3 Å². The van der Waals surface area contributed by atoms with Crippen molar-refractivity contribution < 1.29 is 0 Å². The fraction of sp³-hybridized carbons (Fsp3) is 0. The Bertz CT molecular complexity index is 3630. The molecule has 0 atom stereocenters. The highest BCUT2D eigenvalue weighted by atomic mass is 32.1. The first-order chi connectivity index (χ1) is 30.8. The van der Waals surface area contributed by atoms with Gasteiger partial charge >= 0.3 is 0 Å². The summed E-state index contributed by atoms with van der Waals surface area (Å²) in [6, 6.07) is 86.8. The van der Waals surface area contributed by atoms with Gasteiger partial charge in [-0.25, -0.2) is 0 Å². The Morgan fingerprint density at radius 3 is 1.56 bits per heavy atom. The Morgan fingerprint density at radius 1 is 0.258 bits per heavy atom. The van der Waals surface area contributed by atoms with Crippen molar-refractivity contribution >= 4 is 80.9 Å². The molecule has 0 saturated carbocycles. The van der Waals surface area contributed by atoms with Crippen molar-refractivity contribution in [2.45, 2.75) is 0 Å². The molecule has 0 radical (unpaired) electrons. The van der Waals surface area contributed by atoms with Crippen molar-refractivity contribution in [3.05, 3.63) is 237 Å². The Balaban J connectivity index is 1.10.